The standard InChI is InChI=1S/C16H21FN2O3/c17-12-7-5-11(6-8-12)14(9-10-15(20)21)19-16(22)18-13-3-1-2-4-13/h5-8,13-14H,1-4,9-10H2,(H,20,21)(H2,18,19,22). The highest BCUT2D eigenvalue weighted by Crippen LogP contribution is 2.20. The molecule has 120 valence electrons. The largest absolute Gasteiger partial charge is 0.481 e. The second-order valence-electron chi connectivity index (χ2n) is 5.64. The Kier molecular flexibility index (Phi) is 5.75. The number of amides is 2. The Morgan fingerprint density at radius 2 is 1.86 bits per heavy atom. The molecule has 1 aliphatic rings. The van der Waals surface area contributed by atoms with Crippen molar-refractivity contribution < 1.29 is 19.1 Å². The van der Waals surface area contributed by atoms with E-state index >= 15 is 0 Å². The number of rotatable bonds is 6. The second-order valence-corrected chi connectivity index (χ2v) is 5.64. The average Bonchev–Trinajstić information content (AvgIpc) is 2.97. The third kappa shape index (κ3) is 5.02. The van der Waals surface area contributed by atoms with Crippen LogP contribution >= 0.6 is 0 Å². The zero-order valence-corrected chi connectivity index (χ0v) is 12.3. The summed E-state index contributed by atoms with van der Waals surface area (Å²) in [6.45, 7) is 0. The third-order valence-corrected chi connectivity index (χ3v) is 3.91. The maximum absolute atomic E-state index is 13.0. The zero-order chi connectivity index (χ0) is 15.9. The predicted octanol–water partition coefficient (Wildman–Crippen LogP) is 2.97. The highest BCUT2D eigenvalue weighted by molar-refractivity contribution is 5.75. The summed E-state index contributed by atoms with van der Waals surface area (Å²) in [5.74, 6) is -1.29. The van der Waals surface area contributed by atoms with E-state index in [9.17, 15) is 14.0 Å². The molecule has 5 nitrogen and oxygen atoms in total. The van der Waals surface area contributed by atoms with Gasteiger partial charge in [0.25, 0.3) is 0 Å². The molecule has 22 heavy (non-hydrogen) atoms. The Labute approximate surface area is 128 Å². The molecule has 1 unspecified atom stereocenters. The number of carbonyl (C=O) groups excluding carboxylic acids is 1. The Morgan fingerprint density at radius 3 is 2.45 bits per heavy atom. The lowest BCUT2D eigenvalue weighted by molar-refractivity contribution is -0.137. The quantitative estimate of drug-likeness (QED) is 0.756. The van der Waals surface area contributed by atoms with E-state index in [4.69, 9.17) is 5.11 Å². The normalized spacial score (nSPS) is 16.2. The van der Waals surface area contributed by atoms with Gasteiger partial charge in [0.05, 0.1) is 6.04 Å². The fraction of sp³-hybridized carbons (Fsp3) is 0.500. The number of carbonyl (C=O) groups is 2. The SMILES string of the molecule is O=C(O)CCC(NC(=O)NC1CCCC1)c1ccc(F)cc1. The van der Waals surface area contributed by atoms with E-state index in [-0.39, 0.29) is 30.7 Å². The molecule has 1 saturated carbocycles. The first-order valence-corrected chi connectivity index (χ1v) is 7.59. The summed E-state index contributed by atoms with van der Waals surface area (Å²) >= 11 is 0. The number of halogens is 1. The molecule has 2 amide bonds. The first kappa shape index (κ1) is 16.3. The van der Waals surface area contributed by atoms with Crippen LogP contribution in [-0.4, -0.2) is 23.1 Å². The van der Waals surface area contributed by atoms with Crippen LogP contribution in [0.2, 0.25) is 0 Å². The molecule has 1 aromatic rings. The van der Waals surface area contributed by atoms with Crippen molar-refractivity contribution in [2.24, 2.45) is 0 Å². The van der Waals surface area contributed by atoms with Crippen molar-refractivity contribution in [3.05, 3.63) is 35.6 Å². The molecular formula is C16H21FN2O3. The van der Waals surface area contributed by atoms with Crippen LogP contribution in [0.3, 0.4) is 0 Å². The van der Waals surface area contributed by atoms with E-state index in [1.807, 2.05) is 0 Å². The Hall–Kier alpha value is -2.11. The van der Waals surface area contributed by atoms with Crippen molar-refractivity contribution in [3.63, 3.8) is 0 Å². The number of urea groups is 1. The first-order valence-electron chi connectivity index (χ1n) is 7.59. The molecule has 0 heterocycles. The lowest BCUT2D eigenvalue weighted by Crippen LogP contribution is -2.42. The van der Waals surface area contributed by atoms with Gasteiger partial charge in [-0.3, -0.25) is 4.79 Å². The van der Waals surface area contributed by atoms with Crippen molar-refractivity contribution in [2.45, 2.75) is 50.6 Å². The summed E-state index contributed by atoms with van der Waals surface area (Å²) in [6.07, 6.45) is 4.38. The van der Waals surface area contributed by atoms with Crippen LogP contribution in [0.1, 0.15) is 50.1 Å². The number of aliphatic carboxylic acids is 1. The van der Waals surface area contributed by atoms with Crippen LogP contribution in [-0.2, 0) is 4.79 Å². The van der Waals surface area contributed by atoms with Crippen LogP contribution in [0.15, 0.2) is 24.3 Å². The highest BCUT2D eigenvalue weighted by Gasteiger charge is 2.20. The maximum Gasteiger partial charge on any atom is 0.315 e. The molecule has 1 aliphatic carbocycles. The summed E-state index contributed by atoms with van der Waals surface area (Å²) < 4.78 is 13.0. The van der Waals surface area contributed by atoms with Gasteiger partial charge in [-0.1, -0.05) is 25.0 Å². The van der Waals surface area contributed by atoms with Gasteiger partial charge >= 0.3 is 12.0 Å². The summed E-state index contributed by atoms with van der Waals surface area (Å²) in [5, 5.41) is 14.5. The fourth-order valence-corrected chi connectivity index (χ4v) is 2.74. The van der Waals surface area contributed by atoms with Crippen molar-refractivity contribution in [2.75, 3.05) is 0 Å². The smallest absolute Gasteiger partial charge is 0.315 e. The third-order valence-electron chi connectivity index (χ3n) is 3.91. The molecule has 3 N–H and O–H groups in total. The van der Waals surface area contributed by atoms with Crippen LogP contribution in [0, 0.1) is 5.82 Å². The van der Waals surface area contributed by atoms with Gasteiger partial charge in [-0.25, -0.2) is 9.18 Å². The fourth-order valence-electron chi connectivity index (χ4n) is 2.74. The summed E-state index contributed by atoms with van der Waals surface area (Å²) in [5.41, 5.74) is 0.698. The molecule has 0 saturated heterocycles. The molecular weight excluding hydrogens is 287 g/mol. The van der Waals surface area contributed by atoms with Gasteiger partial charge in [-0.2, -0.15) is 0 Å². The minimum atomic E-state index is -0.926. The van der Waals surface area contributed by atoms with Crippen LogP contribution in [0.4, 0.5) is 9.18 Å². The number of carboxylic acids is 1. The molecule has 0 radical (unpaired) electrons. The number of nitrogens with one attached hydrogen (secondary N) is 2. The van der Waals surface area contributed by atoms with E-state index in [0.29, 0.717) is 5.56 Å². The maximum atomic E-state index is 13.0. The van der Waals surface area contributed by atoms with Gasteiger partial charge in [0.1, 0.15) is 5.82 Å². The zero-order valence-electron chi connectivity index (χ0n) is 12.3. The number of hydrogen-bond acceptors (Lipinski definition) is 2. The Bertz CT molecular complexity index is 513. The molecule has 0 bridgehead atoms. The molecule has 0 spiro atoms. The lowest BCUT2D eigenvalue weighted by Gasteiger charge is -2.21. The summed E-state index contributed by atoms with van der Waals surface area (Å²) in [4.78, 5) is 22.8. The summed E-state index contributed by atoms with van der Waals surface area (Å²) in [7, 11) is 0. The van der Waals surface area contributed by atoms with Crippen molar-refractivity contribution in [1.82, 2.24) is 10.6 Å². The van der Waals surface area contributed by atoms with Crippen molar-refractivity contribution in [3.8, 4) is 0 Å². The number of hydrogen-bond donors (Lipinski definition) is 3. The van der Waals surface area contributed by atoms with E-state index in [0.717, 1.165) is 25.7 Å². The van der Waals surface area contributed by atoms with Crippen LogP contribution in [0.5, 0.6) is 0 Å². The van der Waals surface area contributed by atoms with Gasteiger partial charge < -0.3 is 15.7 Å². The topological polar surface area (TPSA) is 78.4 Å². The lowest BCUT2D eigenvalue weighted by atomic mass is 10.0. The average molecular weight is 308 g/mol. The molecule has 0 aromatic heterocycles. The minimum absolute atomic E-state index is 0.0637. The highest BCUT2D eigenvalue weighted by atomic mass is 19.1. The van der Waals surface area contributed by atoms with Crippen molar-refractivity contribution >= 4 is 12.0 Å². The minimum Gasteiger partial charge on any atom is -0.481 e. The predicted molar refractivity (Wildman–Crippen MR) is 79.9 cm³/mol. The Balaban J connectivity index is 1.98. The first-order chi connectivity index (χ1) is 10.5. The molecule has 0 aliphatic heterocycles. The van der Waals surface area contributed by atoms with Gasteiger partial charge in [-0.15, -0.1) is 0 Å². The van der Waals surface area contributed by atoms with Crippen molar-refractivity contribution in [1.29, 1.82) is 0 Å². The molecule has 2 rings (SSSR count). The van der Waals surface area contributed by atoms with E-state index < -0.39 is 12.0 Å². The second kappa shape index (κ2) is 7.77. The van der Waals surface area contributed by atoms with E-state index in [1.165, 1.54) is 12.1 Å². The summed E-state index contributed by atoms with van der Waals surface area (Å²) in [6, 6.07) is 5.19. The van der Waals surface area contributed by atoms with Gasteiger partial charge in [0.15, 0.2) is 0 Å². The van der Waals surface area contributed by atoms with E-state index in [2.05, 4.69) is 10.6 Å². The van der Waals surface area contributed by atoms with Gasteiger partial charge in [-0.05, 0) is 37.0 Å². The Morgan fingerprint density at radius 1 is 1.23 bits per heavy atom. The molecule has 6 heteroatoms. The van der Waals surface area contributed by atoms with Crippen LogP contribution in [0.25, 0.3) is 0 Å². The molecule has 1 aromatic carbocycles. The number of benzene rings is 1. The monoisotopic (exact) mass is 308 g/mol. The number of carboxylic acid groups (broad SMARTS) is 1. The van der Waals surface area contributed by atoms with E-state index in [1.54, 1.807) is 12.1 Å². The van der Waals surface area contributed by atoms with Gasteiger partial charge in [0, 0.05) is 12.5 Å². The van der Waals surface area contributed by atoms with Crippen LogP contribution < -0.4 is 10.6 Å². The van der Waals surface area contributed by atoms with Gasteiger partial charge in [0.2, 0.25) is 0 Å². The molecule has 1 fully saturated rings. The molecule has 1 atom stereocenters.